The van der Waals surface area contributed by atoms with Crippen molar-refractivity contribution in [3.63, 3.8) is 0 Å². The number of nitrogens with zero attached hydrogens (tertiary/aromatic N) is 2. The lowest BCUT2D eigenvalue weighted by Crippen LogP contribution is -2.48. The van der Waals surface area contributed by atoms with Crippen molar-refractivity contribution in [2.24, 2.45) is 0 Å². The molecule has 1 aliphatic heterocycles. The summed E-state index contributed by atoms with van der Waals surface area (Å²) in [4.78, 5) is 32.5. The number of carbonyl (C=O) groups is 2. The van der Waals surface area contributed by atoms with Crippen molar-refractivity contribution in [2.75, 3.05) is 65.9 Å². The zero-order valence-electron chi connectivity index (χ0n) is 17.3. The molecule has 2 heterocycles. The zero-order chi connectivity index (χ0) is 21.0. The van der Waals surface area contributed by atoms with Gasteiger partial charge in [0.1, 0.15) is 5.69 Å². The molecular weight excluding hydrogens is 376 g/mol. The highest BCUT2D eigenvalue weighted by Crippen LogP contribution is 2.37. The number of aromatic amines is 1. The Labute approximate surface area is 169 Å². The molecule has 1 amide bonds. The van der Waals surface area contributed by atoms with Gasteiger partial charge in [0.15, 0.2) is 11.5 Å². The van der Waals surface area contributed by atoms with E-state index in [-0.39, 0.29) is 18.1 Å². The molecule has 0 atom stereocenters. The maximum atomic E-state index is 12.7. The molecule has 9 heteroatoms. The van der Waals surface area contributed by atoms with Gasteiger partial charge in [-0.3, -0.25) is 9.69 Å². The number of carbonyl (C=O) groups excluding carboxylic acids is 2. The highest BCUT2D eigenvalue weighted by atomic mass is 16.5. The Balaban J connectivity index is 1.86. The Morgan fingerprint density at radius 3 is 2.24 bits per heavy atom. The summed E-state index contributed by atoms with van der Waals surface area (Å²) >= 11 is 0. The Kier molecular flexibility index (Phi) is 6.60. The van der Waals surface area contributed by atoms with Gasteiger partial charge in [0.25, 0.3) is 0 Å². The van der Waals surface area contributed by atoms with Gasteiger partial charge in [-0.05, 0) is 12.6 Å². The van der Waals surface area contributed by atoms with E-state index in [1.165, 1.54) is 21.3 Å². The number of hydrogen-bond donors (Lipinski definition) is 2. The van der Waals surface area contributed by atoms with Crippen LogP contribution < -0.4 is 14.8 Å². The van der Waals surface area contributed by atoms with Gasteiger partial charge in [0.05, 0.1) is 39.1 Å². The lowest BCUT2D eigenvalue weighted by atomic mass is 10.2. The molecule has 0 saturated carbocycles. The number of benzene rings is 1. The second kappa shape index (κ2) is 9.15. The number of ether oxygens (including phenoxy) is 3. The predicted molar refractivity (Wildman–Crippen MR) is 110 cm³/mol. The topological polar surface area (TPSA) is 96.1 Å². The molecule has 0 radical (unpaired) electrons. The molecule has 1 saturated heterocycles. The summed E-state index contributed by atoms with van der Waals surface area (Å²) in [5.74, 6) is 0.271. The van der Waals surface area contributed by atoms with E-state index in [1.807, 2.05) is 0 Å². The number of aromatic nitrogens is 1. The SMILES string of the molecule is CCN1CCN(CC(=O)Nc2c(C(=O)OC)[nH]c3cc(OC)c(OC)cc23)CC1. The molecule has 9 nitrogen and oxygen atoms in total. The first-order valence-electron chi connectivity index (χ1n) is 9.61. The fraction of sp³-hybridized carbons (Fsp3) is 0.500. The predicted octanol–water partition coefficient (Wildman–Crippen LogP) is 1.55. The lowest BCUT2D eigenvalue weighted by Gasteiger charge is -2.33. The van der Waals surface area contributed by atoms with E-state index < -0.39 is 5.97 Å². The molecular formula is C20H28N4O5. The molecule has 2 aromatic rings. The number of esters is 1. The minimum atomic E-state index is -0.564. The minimum Gasteiger partial charge on any atom is -0.493 e. The standard InChI is InChI=1S/C20H28N4O5/c1-5-23-6-8-24(9-7-23)12-17(25)22-18-13-10-15(27-2)16(28-3)11-14(13)21-19(18)20(26)29-4/h10-11,21H,5-9,12H2,1-4H3,(H,22,25). The number of likely N-dealkylation sites (N-methyl/N-ethyl adjacent to an activating group) is 1. The normalized spacial score (nSPS) is 15.3. The molecule has 1 aromatic carbocycles. The van der Waals surface area contributed by atoms with E-state index in [1.54, 1.807) is 12.1 Å². The minimum absolute atomic E-state index is 0.182. The lowest BCUT2D eigenvalue weighted by molar-refractivity contribution is -0.117. The Hall–Kier alpha value is -2.78. The maximum Gasteiger partial charge on any atom is 0.356 e. The van der Waals surface area contributed by atoms with E-state index in [9.17, 15) is 9.59 Å². The first-order valence-corrected chi connectivity index (χ1v) is 9.61. The number of H-pyrrole nitrogens is 1. The Bertz CT molecular complexity index is 887. The van der Waals surface area contributed by atoms with Crippen LogP contribution in [-0.2, 0) is 9.53 Å². The fourth-order valence-corrected chi connectivity index (χ4v) is 3.55. The highest BCUT2D eigenvalue weighted by molar-refractivity contribution is 6.11. The fourth-order valence-electron chi connectivity index (χ4n) is 3.55. The molecule has 0 bridgehead atoms. The van der Waals surface area contributed by atoms with Crippen LogP contribution in [0.2, 0.25) is 0 Å². The van der Waals surface area contributed by atoms with Crippen molar-refractivity contribution in [2.45, 2.75) is 6.92 Å². The Morgan fingerprint density at radius 1 is 1.03 bits per heavy atom. The summed E-state index contributed by atoms with van der Waals surface area (Å²) in [5, 5.41) is 3.53. The van der Waals surface area contributed by atoms with Crippen LogP contribution in [-0.4, -0.2) is 87.3 Å². The van der Waals surface area contributed by atoms with Gasteiger partial charge in [-0.2, -0.15) is 0 Å². The van der Waals surface area contributed by atoms with Crippen molar-refractivity contribution < 1.29 is 23.8 Å². The van der Waals surface area contributed by atoms with E-state index in [0.717, 1.165) is 32.7 Å². The molecule has 158 valence electrons. The molecule has 1 aromatic heterocycles. The van der Waals surface area contributed by atoms with E-state index in [0.29, 0.717) is 28.1 Å². The number of hydrogen-bond acceptors (Lipinski definition) is 7. The first kappa shape index (κ1) is 20.9. The number of rotatable bonds is 7. The van der Waals surface area contributed by atoms with E-state index in [2.05, 4.69) is 27.0 Å². The quantitative estimate of drug-likeness (QED) is 0.676. The third-order valence-electron chi connectivity index (χ3n) is 5.24. The van der Waals surface area contributed by atoms with Gasteiger partial charge in [0, 0.05) is 37.6 Å². The molecule has 3 rings (SSSR count). The summed E-state index contributed by atoms with van der Waals surface area (Å²) in [6.45, 7) is 6.98. The molecule has 0 aliphatic carbocycles. The van der Waals surface area contributed by atoms with Crippen LogP contribution in [0.1, 0.15) is 17.4 Å². The molecule has 29 heavy (non-hydrogen) atoms. The van der Waals surface area contributed by atoms with Gasteiger partial charge in [-0.15, -0.1) is 0 Å². The van der Waals surface area contributed by atoms with Gasteiger partial charge in [0.2, 0.25) is 5.91 Å². The number of nitrogens with one attached hydrogen (secondary N) is 2. The van der Waals surface area contributed by atoms with E-state index >= 15 is 0 Å². The van der Waals surface area contributed by atoms with Gasteiger partial charge in [-0.1, -0.05) is 6.92 Å². The van der Waals surface area contributed by atoms with Crippen molar-refractivity contribution in [1.82, 2.24) is 14.8 Å². The van der Waals surface area contributed by atoms with Crippen LogP contribution in [0.25, 0.3) is 10.9 Å². The number of methoxy groups -OCH3 is 3. The molecule has 1 fully saturated rings. The molecule has 0 spiro atoms. The van der Waals surface area contributed by atoms with Crippen molar-refractivity contribution in [1.29, 1.82) is 0 Å². The number of amides is 1. The smallest absolute Gasteiger partial charge is 0.356 e. The van der Waals surface area contributed by atoms with Crippen LogP contribution >= 0.6 is 0 Å². The number of fused-ring (bicyclic) bond motifs is 1. The average molecular weight is 404 g/mol. The summed E-state index contributed by atoms with van der Waals surface area (Å²) in [6, 6.07) is 3.45. The van der Waals surface area contributed by atoms with Gasteiger partial charge in [-0.25, -0.2) is 4.79 Å². The molecule has 2 N–H and O–H groups in total. The first-order chi connectivity index (χ1) is 14.0. The largest absolute Gasteiger partial charge is 0.493 e. The van der Waals surface area contributed by atoms with E-state index in [4.69, 9.17) is 14.2 Å². The van der Waals surface area contributed by atoms with Crippen molar-refractivity contribution in [3.8, 4) is 11.5 Å². The van der Waals surface area contributed by atoms with Crippen LogP contribution in [0.5, 0.6) is 11.5 Å². The molecule has 1 aliphatic rings. The van der Waals surface area contributed by atoms with Gasteiger partial charge >= 0.3 is 5.97 Å². The van der Waals surface area contributed by atoms with Crippen LogP contribution in [0.15, 0.2) is 12.1 Å². The highest BCUT2D eigenvalue weighted by Gasteiger charge is 2.24. The number of anilines is 1. The summed E-state index contributed by atoms with van der Waals surface area (Å²) in [6.07, 6.45) is 0. The third-order valence-corrected chi connectivity index (χ3v) is 5.24. The molecule has 0 unspecified atom stereocenters. The summed E-state index contributed by atoms with van der Waals surface area (Å²) in [7, 11) is 4.37. The maximum absolute atomic E-state index is 12.7. The van der Waals surface area contributed by atoms with Crippen LogP contribution in [0, 0.1) is 0 Å². The summed E-state index contributed by atoms with van der Waals surface area (Å²) < 4.78 is 15.6. The Morgan fingerprint density at radius 2 is 1.66 bits per heavy atom. The van der Waals surface area contributed by atoms with Crippen molar-refractivity contribution >= 4 is 28.5 Å². The van der Waals surface area contributed by atoms with Crippen LogP contribution in [0.4, 0.5) is 5.69 Å². The monoisotopic (exact) mass is 404 g/mol. The third kappa shape index (κ3) is 4.46. The summed E-state index contributed by atoms with van der Waals surface area (Å²) in [5.41, 5.74) is 1.20. The van der Waals surface area contributed by atoms with Gasteiger partial charge < -0.3 is 29.4 Å². The van der Waals surface area contributed by atoms with Crippen LogP contribution in [0.3, 0.4) is 0 Å². The average Bonchev–Trinajstić information content (AvgIpc) is 3.09. The second-order valence-corrected chi connectivity index (χ2v) is 6.88. The van der Waals surface area contributed by atoms with Crippen molar-refractivity contribution in [3.05, 3.63) is 17.8 Å². The zero-order valence-corrected chi connectivity index (χ0v) is 17.3. The second-order valence-electron chi connectivity index (χ2n) is 6.88. The number of piperazine rings is 1.